The Kier molecular flexibility index (Phi) is 9.04. The lowest BCUT2D eigenvalue weighted by Gasteiger charge is -2.31. The molecule has 1 N–H and O–H groups in total. The van der Waals surface area contributed by atoms with Crippen LogP contribution >= 0.6 is 27.3 Å². The van der Waals surface area contributed by atoms with E-state index in [0.717, 1.165) is 40.6 Å². The molecule has 3 aromatic rings. The molecule has 0 radical (unpaired) electrons. The normalized spacial score (nSPS) is 14.9. The van der Waals surface area contributed by atoms with Gasteiger partial charge in [-0.1, -0.05) is 41.5 Å². The second kappa shape index (κ2) is 11.9. The quantitative estimate of drug-likeness (QED) is 0.307. The molecule has 1 aliphatic heterocycles. The number of aliphatic carboxylic acids is 1. The summed E-state index contributed by atoms with van der Waals surface area (Å²) in [6.45, 7) is 16.5. The van der Waals surface area contributed by atoms with E-state index in [0.29, 0.717) is 29.2 Å². The number of carbonyl (C=O) groups is 2. The standard InChI is InChI=1S/C31H41BrN4O4S/c1-18-27(32)23(15-26(38)39)34-36(18)16-25(37)35-11-9-19(10-12-35)29-33-24(17-41-29)20-13-21(30(2,3)4)28(40-8)22(14-20)31(5,6)7/h13-14,17,19H,9-12,15-16H2,1-8H3,(H,38,39). The highest BCUT2D eigenvalue weighted by Gasteiger charge is 2.30. The highest BCUT2D eigenvalue weighted by Crippen LogP contribution is 2.43. The van der Waals surface area contributed by atoms with Gasteiger partial charge >= 0.3 is 5.97 Å². The molecule has 3 heterocycles. The number of carboxylic acid groups (broad SMARTS) is 1. The molecule has 0 unspecified atom stereocenters. The zero-order chi connectivity index (χ0) is 30.3. The number of hydrogen-bond donors (Lipinski definition) is 1. The topological polar surface area (TPSA) is 97.6 Å². The minimum Gasteiger partial charge on any atom is -0.496 e. The van der Waals surface area contributed by atoms with Crippen LogP contribution in [0.3, 0.4) is 0 Å². The molecule has 41 heavy (non-hydrogen) atoms. The van der Waals surface area contributed by atoms with Crippen molar-refractivity contribution in [3.05, 3.63) is 49.5 Å². The van der Waals surface area contributed by atoms with Gasteiger partial charge in [0, 0.05) is 41.1 Å². The van der Waals surface area contributed by atoms with Gasteiger partial charge in [0.25, 0.3) is 0 Å². The Morgan fingerprint density at radius 1 is 1.10 bits per heavy atom. The van der Waals surface area contributed by atoms with Gasteiger partial charge in [0.15, 0.2) is 0 Å². The van der Waals surface area contributed by atoms with Crippen LogP contribution in [0.15, 0.2) is 22.0 Å². The number of likely N-dealkylation sites (tertiary alicyclic amines) is 1. The predicted molar refractivity (Wildman–Crippen MR) is 166 cm³/mol. The van der Waals surface area contributed by atoms with Crippen molar-refractivity contribution in [3.63, 3.8) is 0 Å². The van der Waals surface area contributed by atoms with Gasteiger partial charge in [-0.3, -0.25) is 14.3 Å². The minimum absolute atomic E-state index is 0.00842. The monoisotopic (exact) mass is 644 g/mol. The van der Waals surface area contributed by atoms with Gasteiger partial charge in [-0.05, 0) is 58.7 Å². The lowest BCUT2D eigenvalue weighted by atomic mass is 9.78. The number of carbonyl (C=O) groups excluding carboxylic acids is 1. The largest absolute Gasteiger partial charge is 0.496 e. The van der Waals surface area contributed by atoms with Crippen molar-refractivity contribution in [2.24, 2.45) is 0 Å². The molecule has 1 aromatic carbocycles. The number of ether oxygens (including phenoxy) is 1. The zero-order valence-electron chi connectivity index (χ0n) is 25.3. The number of hydrogen-bond acceptors (Lipinski definition) is 6. The smallest absolute Gasteiger partial charge is 0.309 e. The van der Waals surface area contributed by atoms with Gasteiger partial charge in [-0.2, -0.15) is 5.10 Å². The van der Waals surface area contributed by atoms with Crippen LogP contribution in [0.1, 0.15) is 87.8 Å². The third kappa shape index (κ3) is 6.85. The summed E-state index contributed by atoms with van der Waals surface area (Å²) < 4.78 is 8.17. The van der Waals surface area contributed by atoms with Crippen LogP contribution in [0.25, 0.3) is 11.3 Å². The van der Waals surface area contributed by atoms with Gasteiger partial charge in [-0.15, -0.1) is 11.3 Å². The number of amides is 1. The maximum atomic E-state index is 13.1. The fourth-order valence-corrected chi connectivity index (χ4v) is 6.74. The first-order valence-corrected chi connectivity index (χ1v) is 15.7. The molecule has 1 fully saturated rings. The number of piperidine rings is 1. The number of benzene rings is 1. The highest BCUT2D eigenvalue weighted by molar-refractivity contribution is 9.10. The van der Waals surface area contributed by atoms with Crippen LogP contribution in [0, 0.1) is 6.92 Å². The lowest BCUT2D eigenvalue weighted by Crippen LogP contribution is -2.40. The second-order valence-electron chi connectivity index (χ2n) is 12.9. The first-order chi connectivity index (χ1) is 19.1. The number of aromatic nitrogens is 3. The van der Waals surface area contributed by atoms with E-state index in [9.17, 15) is 9.59 Å². The van der Waals surface area contributed by atoms with Crippen LogP contribution in [-0.4, -0.2) is 56.8 Å². The number of carboxylic acids is 1. The summed E-state index contributed by atoms with van der Waals surface area (Å²) in [5.41, 5.74) is 5.48. The Bertz CT molecular complexity index is 1400. The van der Waals surface area contributed by atoms with E-state index in [1.807, 2.05) is 11.8 Å². The number of thiazole rings is 1. The van der Waals surface area contributed by atoms with Gasteiger partial charge in [0.1, 0.15) is 12.3 Å². The predicted octanol–water partition coefficient (Wildman–Crippen LogP) is 6.71. The molecule has 2 aromatic heterocycles. The Balaban J connectivity index is 1.48. The summed E-state index contributed by atoms with van der Waals surface area (Å²) >= 11 is 5.12. The summed E-state index contributed by atoms with van der Waals surface area (Å²) in [7, 11) is 1.75. The molecule has 1 amide bonds. The zero-order valence-corrected chi connectivity index (χ0v) is 27.7. The summed E-state index contributed by atoms with van der Waals surface area (Å²) in [5.74, 6) is 0.302. The molecule has 1 aliphatic rings. The third-order valence-electron chi connectivity index (χ3n) is 7.73. The summed E-state index contributed by atoms with van der Waals surface area (Å²) in [6, 6.07) is 4.46. The van der Waals surface area contributed by atoms with E-state index in [4.69, 9.17) is 14.8 Å². The third-order valence-corrected chi connectivity index (χ3v) is 9.77. The van der Waals surface area contributed by atoms with Crippen LogP contribution < -0.4 is 4.74 Å². The van der Waals surface area contributed by atoms with Crippen molar-refractivity contribution in [2.45, 2.75) is 91.0 Å². The lowest BCUT2D eigenvalue weighted by molar-refractivity contribution is -0.136. The maximum absolute atomic E-state index is 13.1. The van der Waals surface area contributed by atoms with E-state index >= 15 is 0 Å². The van der Waals surface area contributed by atoms with E-state index in [1.54, 1.807) is 23.1 Å². The number of rotatable bonds is 7. The molecule has 4 rings (SSSR count). The average Bonchev–Trinajstić information content (AvgIpc) is 3.48. The fraction of sp³-hybridized carbons (Fsp3) is 0.548. The van der Waals surface area contributed by atoms with Gasteiger partial charge in [0.05, 0.1) is 40.1 Å². The van der Waals surface area contributed by atoms with Crippen LogP contribution in [0.5, 0.6) is 5.75 Å². The molecule has 8 nitrogen and oxygen atoms in total. The molecule has 0 bridgehead atoms. The van der Waals surface area contributed by atoms with Crippen molar-refractivity contribution < 1.29 is 19.4 Å². The molecular weight excluding hydrogens is 604 g/mol. The molecular formula is C31H41BrN4O4S. The summed E-state index contributed by atoms with van der Waals surface area (Å²) in [6.07, 6.45) is 1.52. The molecule has 0 spiro atoms. The van der Waals surface area contributed by atoms with Gasteiger partial charge in [-0.25, -0.2) is 4.98 Å². The molecule has 10 heteroatoms. The van der Waals surface area contributed by atoms with Crippen molar-refractivity contribution in [1.29, 1.82) is 0 Å². The highest BCUT2D eigenvalue weighted by atomic mass is 79.9. The number of methoxy groups -OCH3 is 1. The molecule has 0 aliphatic carbocycles. The summed E-state index contributed by atoms with van der Waals surface area (Å²) in [4.78, 5) is 31.2. The first kappa shape index (κ1) is 31.2. The Hall–Kier alpha value is -2.72. The minimum atomic E-state index is -0.953. The Labute approximate surface area is 255 Å². The average molecular weight is 646 g/mol. The van der Waals surface area contributed by atoms with Gasteiger partial charge < -0.3 is 14.7 Å². The van der Waals surface area contributed by atoms with E-state index in [-0.39, 0.29) is 29.7 Å². The first-order valence-electron chi connectivity index (χ1n) is 14.0. The van der Waals surface area contributed by atoms with E-state index < -0.39 is 5.97 Å². The van der Waals surface area contributed by atoms with E-state index in [1.165, 1.54) is 11.1 Å². The van der Waals surface area contributed by atoms with Crippen molar-refractivity contribution in [2.75, 3.05) is 20.2 Å². The van der Waals surface area contributed by atoms with Crippen molar-refractivity contribution >= 4 is 39.1 Å². The SMILES string of the molecule is COc1c(C(C)(C)C)cc(-c2csc(C3CCN(C(=O)Cn4nc(CC(=O)O)c(Br)c4C)CC3)n2)cc1C(C)(C)C. The van der Waals surface area contributed by atoms with Crippen molar-refractivity contribution in [1.82, 2.24) is 19.7 Å². The fourth-order valence-electron chi connectivity index (χ4n) is 5.32. The maximum Gasteiger partial charge on any atom is 0.309 e. The number of nitrogens with zero attached hydrogens (tertiary/aromatic N) is 4. The molecule has 222 valence electrons. The summed E-state index contributed by atoms with van der Waals surface area (Å²) in [5, 5.41) is 16.7. The molecule has 0 atom stereocenters. The van der Waals surface area contributed by atoms with Crippen LogP contribution in [0.2, 0.25) is 0 Å². The van der Waals surface area contributed by atoms with Crippen molar-refractivity contribution in [3.8, 4) is 17.0 Å². The van der Waals surface area contributed by atoms with Gasteiger partial charge in [0.2, 0.25) is 5.91 Å². The second-order valence-corrected chi connectivity index (χ2v) is 14.6. The molecule has 1 saturated heterocycles. The molecule has 0 saturated carbocycles. The Morgan fingerprint density at radius 2 is 1.68 bits per heavy atom. The number of halogens is 1. The Morgan fingerprint density at radius 3 is 2.20 bits per heavy atom. The van der Waals surface area contributed by atoms with E-state index in [2.05, 4.69) is 80.1 Å². The van der Waals surface area contributed by atoms with Crippen LogP contribution in [0.4, 0.5) is 0 Å². The van der Waals surface area contributed by atoms with Crippen LogP contribution in [-0.2, 0) is 33.4 Å².